The van der Waals surface area contributed by atoms with Gasteiger partial charge in [0.2, 0.25) is 0 Å². The summed E-state index contributed by atoms with van der Waals surface area (Å²) in [6, 6.07) is 7.38. The van der Waals surface area contributed by atoms with Crippen molar-refractivity contribution in [3.8, 4) is 5.75 Å². The Bertz CT molecular complexity index is 431. The van der Waals surface area contributed by atoms with Gasteiger partial charge in [0, 0.05) is 24.8 Å². The SMILES string of the molecule is COc1ccc(NC(=O)N2CCC(C(C)N)C2)cc1. The number of rotatable bonds is 3. The van der Waals surface area contributed by atoms with Crippen LogP contribution in [0.1, 0.15) is 13.3 Å². The Hall–Kier alpha value is -1.75. The fourth-order valence-corrected chi connectivity index (χ4v) is 2.28. The highest BCUT2D eigenvalue weighted by Crippen LogP contribution is 2.20. The first-order valence-electron chi connectivity index (χ1n) is 6.55. The Morgan fingerprint density at radius 3 is 2.68 bits per heavy atom. The van der Waals surface area contributed by atoms with Crippen LogP contribution >= 0.6 is 0 Å². The van der Waals surface area contributed by atoms with Crippen LogP contribution in [0.4, 0.5) is 10.5 Å². The summed E-state index contributed by atoms with van der Waals surface area (Å²) in [6.07, 6.45) is 0.980. The van der Waals surface area contributed by atoms with E-state index in [4.69, 9.17) is 10.5 Å². The van der Waals surface area contributed by atoms with E-state index in [0.717, 1.165) is 30.9 Å². The lowest BCUT2D eigenvalue weighted by Crippen LogP contribution is -2.35. The third-order valence-corrected chi connectivity index (χ3v) is 3.60. The number of hydrogen-bond acceptors (Lipinski definition) is 3. The highest BCUT2D eigenvalue weighted by Gasteiger charge is 2.28. The molecule has 1 aromatic carbocycles. The summed E-state index contributed by atoms with van der Waals surface area (Å²) in [6.45, 7) is 3.50. The number of benzene rings is 1. The molecule has 0 radical (unpaired) electrons. The molecular formula is C14H21N3O2. The van der Waals surface area contributed by atoms with Crippen molar-refractivity contribution in [3.63, 3.8) is 0 Å². The Morgan fingerprint density at radius 1 is 1.47 bits per heavy atom. The molecule has 0 aromatic heterocycles. The number of carbonyl (C=O) groups is 1. The monoisotopic (exact) mass is 263 g/mol. The Kier molecular flexibility index (Phi) is 4.27. The van der Waals surface area contributed by atoms with E-state index < -0.39 is 0 Å². The lowest BCUT2D eigenvalue weighted by Gasteiger charge is -2.18. The molecule has 1 saturated heterocycles. The largest absolute Gasteiger partial charge is 0.497 e. The number of anilines is 1. The quantitative estimate of drug-likeness (QED) is 0.875. The summed E-state index contributed by atoms with van der Waals surface area (Å²) >= 11 is 0. The lowest BCUT2D eigenvalue weighted by molar-refractivity contribution is 0.220. The number of carbonyl (C=O) groups excluding carboxylic acids is 1. The number of nitrogens with two attached hydrogens (primary N) is 1. The first-order valence-corrected chi connectivity index (χ1v) is 6.55. The summed E-state index contributed by atoms with van der Waals surface area (Å²) in [5.41, 5.74) is 6.65. The molecule has 1 heterocycles. The van der Waals surface area contributed by atoms with E-state index in [2.05, 4.69) is 5.32 Å². The van der Waals surface area contributed by atoms with E-state index in [1.165, 1.54) is 0 Å². The van der Waals surface area contributed by atoms with Gasteiger partial charge in [-0.05, 0) is 43.5 Å². The van der Waals surface area contributed by atoms with Crippen molar-refractivity contribution in [1.82, 2.24) is 4.90 Å². The molecule has 0 saturated carbocycles. The van der Waals surface area contributed by atoms with Crippen LogP contribution in [0.15, 0.2) is 24.3 Å². The number of nitrogens with one attached hydrogen (secondary N) is 1. The minimum atomic E-state index is -0.0617. The molecule has 1 aromatic rings. The van der Waals surface area contributed by atoms with Crippen LogP contribution in [0.3, 0.4) is 0 Å². The van der Waals surface area contributed by atoms with Gasteiger partial charge < -0.3 is 20.7 Å². The molecule has 2 amide bonds. The van der Waals surface area contributed by atoms with Gasteiger partial charge in [0.05, 0.1) is 7.11 Å². The third-order valence-electron chi connectivity index (χ3n) is 3.60. The number of nitrogens with zero attached hydrogens (tertiary/aromatic N) is 1. The standard InChI is InChI=1S/C14H21N3O2/c1-10(15)11-7-8-17(9-11)14(18)16-12-3-5-13(19-2)6-4-12/h3-6,10-11H,7-9,15H2,1-2H3,(H,16,18). The summed E-state index contributed by atoms with van der Waals surface area (Å²) in [5.74, 6) is 1.18. The molecule has 2 unspecified atom stereocenters. The maximum atomic E-state index is 12.1. The number of likely N-dealkylation sites (tertiary alicyclic amines) is 1. The fraction of sp³-hybridized carbons (Fsp3) is 0.500. The number of amides is 2. The fourth-order valence-electron chi connectivity index (χ4n) is 2.28. The second-order valence-corrected chi connectivity index (χ2v) is 5.01. The first kappa shape index (κ1) is 13.7. The van der Waals surface area contributed by atoms with Crippen molar-refractivity contribution in [2.75, 3.05) is 25.5 Å². The van der Waals surface area contributed by atoms with E-state index >= 15 is 0 Å². The molecule has 0 aliphatic carbocycles. The molecule has 1 fully saturated rings. The summed E-state index contributed by atoms with van der Waals surface area (Å²) in [5, 5.41) is 2.89. The Balaban J connectivity index is 1.90. The smallest absolute Gasteiger partial charge is 0.321 e. The Labute approximate surface area is 113 Å². The number of urea groups is 1. The molecule has 1 aliphatic heterocycles. The van der Waals surface area contributed by atoms with Gasteiger partial charge in [-0.3, -0.25) is 0 Å². The molecule has 3 N–H and O–H groups in total. The van der Waals surface area contributed by atoms with E-state index in [1.807, 2.05) is 36.1 Å². The minimum absolute atomic E-state index is 0.0617. The molecule has 1 aliphatic rings. The summed E-state index contributed by atoms with van der Waals surface area (Å²) in [4.78, 5) is 13.9. The van der Waals surface area contributed by atoms with E-state index in [9.17, 15) is 4.79 Å². The summed E-state index contributed by atoms with van der Waals surface area (Å²) < 4.78 is 5.08. The highest BCUT2D eigenvalue weighted by molar-refractivity contribution is 5.89. The van der Waals surface area contributed by atoms with Crippen molar-refractivity contribution >= 4 is 11.7 Å². The molecule has 104 valence electrons. The second-order valence-electron chi connectivity index (χ2n) is 5.01. The highest BCUT2D eigenvalue weighted by atomic mass is 16.5. The molecule has 0 spiro atoms. The van der Waals surface area contributed by atoms with Crippen LogP contribution in [-0.4, -0.2) is 37.2 Å². The van der Waals surface area contributed by atoms with Gasteiger partial charge in [-0.15, -0.1) is 0 Å². The zero-order chi connectivity index (χ0) is 13.8. The van der Waals surface area contributed by atoms with Crippen LogP contribution in [0.25, 0.3) is 0 Å². The van der Waals surface area contributed by atoms with Crippen molar-refractivity contribution in [1.29, 1.82) is 0 Å². The van der Waals surface area contributed by atoms with Crippen molar-refractivity contribution < 1.29 is 9.53 Å². The topological polar surface area (TPSA) is 67.6 Å². The average Bonchev–Trinajstić information content (AvgIpc) is 2.89. The summed E-state index contributed by atoms with van der Waals surface area (Å²) in [7, 11) is 1.62. The van der Waals surface area contributed by atoms with Crippen molar-refractivity contribution in [3.05, 3.63) is 24.3 Å². The third kappa shape index (κ3) is 3.38. The molecule has 19 heavy (non-hydrogen) atoms. The van der Waals surface area contributed by atoms with Gasteiger partial charge in [-0.1, -0.05) is 0 Å². The van der Waals surface area contributed by atoms with E-state index in [-0.39, 0.29) is 12.1 Å². The molecular weight excluding hydrogens is 242 g/mol. The van der Waals surface area contributed by atoms with Gasteiger partial charge in [0.15, 0.2) is 0 Å². The lowest BCUT2D eigenvalue weighted by atomic mass is 10.0. The van der Waals surface area contributed by atoms with Crippen molar-refractivity contribution in [2.24, 2.45) is 11.7 Å². The van der Waals surface area contributed by atoms with Gasteiger partial charge >= 0.3 is 6.03 Å². The zero-order valence-electron chi connectivity index (χ0n) is 11.4. The van der Waals surface area contributed by atoms with E-state index in [0.29, 0.717) is 5.92 Å². The molecule has 5 heteroatoms. The molecule has 0 bridgehead atoms. The predicted octanol–water partition coefficient (Wildman–Crippen LogP) is 1.90. The minimum Gasteiger partial charge on any atom is -0.497 e. The Morgan fingerprint density at radius 2 is 2.16 bits per heavy atom. The first-order chi connectivity index (χ1) is 9.10. The van der Waals surface area contributed by atoms with Crippen LogP contribution in [0, 0.1) is 5.92 Å². The van der Waals surface area contributed by atoms with Gasteiger partial charge in [-0.25, -0.2) is 4.79 Å². The van der Waals surface area contributed by atoms with Crippen LogP contribution in [0.2, 0.25) is 0 Å². The maximum Gasteiger partial charge on any atom is 0.321 e. The number of methoxy groups -OCH3 is 1. The average molecular weight is 263 g/mol. The van der Waals surface area contributed by atoms with Gasteiger partial charge in [0.1, 0.15) is 5.75 Å². The number of hydrogen-bond donors (Lipinski definition) is 2. The molecule has 2 atom stereocenters. The number of ether oxygens (including phenoxy) is 1. The van der Waals surface area contributed by atoms with Crippen LogP contribution in [-0.2, 0) is 0 Å². The second kappa shape index (κ2) is 5.93. The zero-order valence-corrected chi connectivity index (χ0v) is 11.4. The molecule has 2 rings (SSSR count). The predicted molar refractivity (Wildman–Crippen MR) is 75.3 cm³/mol. The van der Waals surface area contributed by atoms with Crippen LogP contribution in [0.5, 0.6) is 5.75 Å². The van der Waals surface area contributed by atoms with Gasteiger partial charge in [0.25, 0.3) is 0 Å². The van der Waals surface area contributed by atoms with Gasteiger partial charge in [-0.2, -0.15) is 0 Å². The molecule has 5 nitrogen and oxygen atoms in total. The normalized spacial score (nSPS) is 20.2. The van der Waals surface area contributed by atoms with Crippen LogP contribution < -0.4 is 15.8 Å². The van der Waals surface area contributed by atoms with Crippen molar-refractivity contribution in [2.45, 2.75) is 19.4 Å². The maximum absolute atomic E-state index is 12.1. The van der Waals surface area contributed by atoms with E-state index in [1.54, 1.807) is 7.11 Å².